The van der Waals surface area contributed by atoms with E-state index in [2.05, 4.69) is 10.3 Å². The molecule has 1 aliphatic rings. The number of aromatic nitrogens is 1. The number of rotatable bonds is 4. The summed E-state index contributed by atoms with van der Waals surface area (Å²) in [6.45, 7) is 4.26. The molecular weight excluding hydrogens is 375 g/mol. The molecule has 2 heterocycles. The van der Waals surface area contributed by atoms with Gasteiger partial charge >= 0.3 is 6.18 Å². The largest absolute Gasteiger partial charge is 0.448 e. The van der Waals surface area contributed by atoms with Crippen LogP contribution in [0.4, 0.5) is 13.2 Å². The van der Waals surface area contributed by atoms with Crippen molar-refractivity contribution >= 4 is 11.8 Å². The van der Waals surface area contributed by atoms with Crippen LogP contribution in [0.1, 0.15) is 45.5 Å². The van der Waals surface area contributed by atoms with E-state index in [9.17, 15) is 22.8 Å². The van der Waals surface area contributed by atoms with Gasteiger partial charge in [-0.3, -0.25) is 9.59 Å². The highest BCUT2D eigenvalue weighted by Crippen LogP contribution is 2.29. The summed E-state index contributed by atoms with van der Waals surface area (Å²) in [7, 11) is 0. The fourth-order valence-electron chi connectivity index (χ4n) is 3.40. The zero-order valence-corrected chi connectivity index (χ0v) is 15.4. The van der Waals surface area contributed by atoms with Crippen LogP contribution in [0.25, 0.3) is 0 Å². The first kappa shape index (κ1) is 19.9. The molecular formula is C19H20F3N3O3. The van der Waals surface area contributed by atoms with Crippen LogP contribution >= 0.6 is 0 Å². The Morgan fingerprint density at radius 3 is 2.75 bits per heavy atom. The molecule has 2 aromatic rings. The highest BCUT2D eigenvalue weighted by Gasteiger charge is 2.35. The first-order chi connectivity index (χ1) is 13.2. The predicted octanol–water partition coefficient (Wildman–Crippen LogP) is 3.28. The Morgan fingerprint density at radius 2 is 2.11 bits per heavy atom. The van der Waals surface area contributed by atoms with Crippen molar-refractivity contribution in [2.75, 3.05) is 13.1 Å². The molecule has 28 heavy (non-hydrogen) atoms. The quantitative estimate of drug-likeness (QED) is 0.862. The lowest BCUT2D eigenvalue weighted by molar-refractivity contribution is -0.137. The van der Waals surface area contributed by atoms with Crippen molar-refractivity contribution < 1.29 is 27.2 Å². The average Bonchev–Trinajstić information content (AvgIpc) is 3.24. The van der Waals surface area contributed by atoms with Crippen LogP contribution in [-0.2, 0) is 6.18 Å². The van der Waals surface area contributed by atoms with E-state index in [4.69, 9.17) is 4.42 Å². The minimum Gasteiger partial charge on any atom is -0.448 e. The number of amides is 2. The van der Waals surface area contributed by atoms with Crippen LogP contribution in [0.2, 0.25) is 0 Å². The molecule has 1 aromatic carbocycles. The maximum Gasteiger partial charge on any atom is 0.416 e. The van der Waals surface area contributed by atoms with Crippen LogP contribution in [0.3, 0.4) is 0 Å². The molecule has 0 aliphatic carbocycles. The molecule has 2 unspecified atom stereocenters. The summed E-state index contributed by atoms with van der Waals surface area (Å²) in [6.07, 6.45) is -2.61. The number of halogens is 3. The van der Waals surface area contributed by atoms with Gasteiger partial charge in [-0.2, -0.15) is 13.2 Å². The van der Waals surface area contributed by atoms with Crippen molar-refractivity contribution in [1.82, 2.24) is 15.2 Å². The Hall–Kier alpha value is -2.84. The molecule has 2 atom stereocenters. The number of alkyl halides is 3. The minimum absolute atomic E-state index is 0.000839. The fraction of sp³-hybridized carbons (Fsp3) is 0.421. The Morgan fingerprint density at radius 1 is 1.36 bits per heavy atom. The number of carbonyl (C=O) groups is 2. The summed E-state index contributed by atoms with van der Waals surface area (Å²) in [4.78, 5) is 30.4. The third kappa shape index (κ3) is 4.18. The molecule has 1 N–H and O–H groups in total. The Kier molecular flexibility index (Phi) is 5.44. The van der Waals surface area contributed by atoms with E-state index in [-0.39, 0.29) is 35.7 Å². The van der Waals surface area contributed by atoms with Gasteiger partial charge in [0.25, 0.3) is 11.8 Å². The molecule has 1 saturated heterocycles. The van der Waals surface area contributed by atoms with Crippen molar-refractivity contribution in [3.8, 4) is 0 Å². The molecule has 0 spiro atoms. The molecule has 6 nitrogen and oxygen atoms in total. The fourth-order valence-corrected chi connectivity index (χ4v) is 3.40. The number of likely N-dealkylation sites (tertiary alicyclic amines) is 1. The molecule has 1 aromatic heterocycles. The van der Waals surface area contributed by atoms with Crippen molar-refractivity contribution in [1.29, 1.82) is 0 Å². The van der Waals surface area contributed by atoms with Gasteiger partial charge in [0.05, 0.1) is 5.56 Å². The van der Waals surface area contributed by atoms with Crippen molar-refractivity contribution in [2.24, 2.45) is 5.92 Å². The van der Waals surface area contributed by atoms with E-state index in [0.717, 1.165) is 12.1 Å². The van der Waals surface area contributed by atoms with Gasteiger partial charge in [0, 0.05) is 24.7 Å². The summed E-state index contributed by atoms with van der Waals surface area (Å²) in [5.41, 5.74) is -0.651. The Bertz CT molecular complexity index is 879. The van der Waals surface area contributed by atoms with Crippen LogP contribution < -0.4 is 5.32 Å². The number of hydrogen-bond donors (Lipinski definition) is 1. The van der Waals surface area contributed by atoms with Crippen molar-refractivity contribution in [3.63, 3.8) is 0 Å². The lowest BCUT2D eigenvalue weighted by Crippen LogP contribution is -2.35. The number of nitrogens with zero attached hydrogens (tertiary/aromatic N) is 2. The monoisotopic (exact) mass is 395 g/mol. The van der Waals surface area contributed by atoms with Gasteiger partial charge < -0.3 is 14.6 Å². The molecule has 9 heteroatoms. The number of benzene rings is 1. The molecule has 0 radical (unpaired) electrons. The molecule has 150 valence electrons. The number of nitrogens with one attached hydrogen (secondary N) is 1. The Labute approximate surface area is 159 Å². The average molecular weight is 395 g/mol. The number of hydrogen-bond acceptors (Lipinski definition) is 4. The molecule has 1 fully saturated rings. The SMILES string of the molecule is Cc1ocnc1C(=O)N1CC(CNC(=O)c2cccc(C(F)(F)F)c2)CC1C. The van der Waals surface area contributed by atoms with E-state index in [1.54, 1.807) is 11.8 Å². The smallest absolute Gasteiger partial charge is 0.416 e. The zero-order valence-electron chi connectivity index (χ0n) is 15.4. The summed E-state index contributed by atoms with van der Waals surface area (Å²) in [6, 6.07) is 4.25. The first-order valence-electron chi connectivity index (χ1n) is 8.83. The summed E-state index contributed by atoms with van der Waals surface area (Å²) < 4.78 is 43.4. The highest BCUT2D eigenvalue weighted by molar-refractivity contribution is 5.94. The van der Waals surface area contributed by atoms with E-state index >= 15 is 0 Å². The van der Waals surface area contributed by atoms with E-state index in [1.165, 1.54) is 18.5 Å². The summed E-state index contributed by atoms with van der Waals surface area (Å²) in [5, 5.41) is 2.67. The molecule has 2 amide bonds. The third-order valence-electron chi connectivity index (χ3n) is 4.87. The van der Waals surface area contributed by atoms with Gasteiger partial charge in [-0.1, -0.05) is 6.07 Å². The minimum atomic E-state index is -4.50. The van der Waals surface area contributed by atoms with Gasteiger partial charge in [0.15, 0.2) is 12.1 Å². The lowest BCUT2D eigenvalue weighted by Gasteiger charge is -2.20. The van der Waals surface area contributed by atoms with Gasteiger partial charge in [-0.25, -0.2) is 4.98 Å². The van der Waals surface area contributed by atoms with Crippen LogP contribution in [-0.4, -0.2) is 40.8 Å². The number of carbonyl (C=O) groups excluding carboxylic acids is 2. The lowest BCUT2D eigenvalue weighted by atomic mass is 10.1. The second-order valence-electron chi connectivity index (χ2n) is 6.95. The van der Waals surface area contributed by atoms with Crippen LogP contribution in [0.15, 0.2) is 35.1 Å². The van der Waals surface area contributed by atoms with E-state index < -0.39 is 17.6 Å². The van der Waals surface area contributed by atoms with Gasteiger partial charge in [-0.05, 0) is 44.4 Å². The number of aryl methyl sites for hydroxylation is 1. The second-order valence-corrected chi connectivity index (χ2v) is 6.95. The van der Waals surface area contributed by atoms with Gasteiger partial charge in [-0.15, -0.1) is 0 Å². The van der Waals surface area contributed by atoms with E-state index in [0.29, 0.717) is 18.7 Å². The highest BCUT2D eigenvalue weighted by atomic mass is 19.4. The van der Waals surface area contributed by atoms with Gasteiger partial charge in [0.2, 0.25) is 0 Å². The first-order valence-corrected chi connectivity index (χ1v) is 8.83. The molecule has 1 aliphatic heterocycles. The molecule has 0 bridgehead atoms. The van der Waals surface area contributed by atoms with Crippen LogP contribution in [0.5, 0.6) is 0 Å². The normalized spacial score (nSPS) is 19.7. The summed E-state index contributed by atoms with van der Waals surface area (Å²) >= 11 is 0. The van der Waals surface area contributed by atoms with E-state index in [1.807, 2.05) is 6.92 Å². The zero-order chi connectivity index (χ0) is 20.5. The standard InChI is InChI=1S/C19H20F3N3O3/c1-11-6-13(9-25(11)18(27)16-12(2)28-10-24-16)8-23-17(26)14-4-3-5-15(7-14)19(20,21)22/h3-5,7,10-11,13H,6,8-9H2,1-2H3,(H,23,26). The maximum absolute atomic E-state index is 12.8. The van der Waals surface area contributed by atoms with Crippen molar-refractivity contribution in [2.45, 2.75) is 32.5 Å². The third-order valence-corrected chi connectivity index (χ3v) is 4.87. The predicted molar refractivity (Wildman–Crippen MR) is 93.6 cm³/mol. The molecule has 0 saturated carbocycles. The summed E-state index contributed by atoms with van der Waals surface area (Å²) in [5.74, 6) is -0.360. The number of oxazole rings is 1. The maximum atomic E-state index is 12.8. The topological polar surface area (TPSA) is 75.4 Å². The van der Waals surface area contributed by atoms with Gasteiger partial charge in [0.1, 0.15) is 5.76 Å². The second kappa shape index (κ2) is 7.65. The van der Waals surface area contributed by atoms with Crippen LogP contribution in [0, 0.1) is 12.8 Å². The van der Waals surface area contributed by atoms with Crippen molar-refractivity contribution in [3.05, 3.63) is 53.2 Å². The molecule has 3 rings (SSSR count). The Balaban J connectivity index is 1.59.